The highest BCUT2D eigenvalue weighted by Gasteiger charge is 2.37. The minimum absolute atomic E-state index is 0.000122. The summed E-state index contributed by atoms with van der Waals surface area (Å²) in [4.78, 5) is 56.9. The molecule has 2 atom stereocenters. The van der Waals surface area contributed by atoms with Crippen molar-refractivity contribution in [2.45, 2.75) is 44.8 Å². The Hall–Kier alpha value is -4.44. The first-order chi connectivity index (χ1) is 19.8. The lowest BCUT2D eigenvalue weighted by Gasteiger charge is -2.27. The van der Waals surface area contributed by atoms with Crippen LogP contribution in [0.15, 0.2) is 54.6 Å². The molecule has 0 fully saturated rings. The van der Waals surface area contributed by atoms with Gasteiger partial charge in [0.1, 0.15) is 11.8 Å². The molecule has 214 valence electrons. The summed E-state index contributed by atoms with van der Waals surface area (Å²) in [7, 11) is 3.25. The second-order valence-corrected chi connectivity index (χ2v) is 10.4. The first kappa shape index (κ1) is 28.1. The molecule has 10 heteroatoms. The van der Waals surface area contributed by atoms with Crippen molar-refractivity contribution < 1.29 is 23.9 Å². The molecule has 3 aromatic rings. The fourth-order valence-corrected chi connectivity index (χ4v) is 5.39. The predicted octanol–water partition coefficient (Wildman–Crippen LogP) is 2.73. The van der Waals surface area contributed by atoms with Gasteiger partial charge in [-0.15, -0.1) is 0 Å². The van der Waals surface area contributed by atoms with E-state index in [0.717, 1.165) is 16.3 Å². The number of ether oxygens (including phenoxy) is 1. The Kier molecular flexibility index (Phi) is 8.21. The van der Waals surface area contributed by atoms with E-state index in [2.05, 4.69) is 16.0 Å². The molecule has 6 rings (SSSR count). The first-order valence-corrected chi connectivity index (χ1v) is 13.9. The first-order valence-electron chi connectivity index (χ1n) is 13.9. The van der Waals surface area contributed by atoms with Gasteiger partial charge in [0.2, 0.25) is 11.8 Å². The van der Waals surface area contributed by atoms with Crippen LogP contribution in [-0.4, -0.2) is 63.0 Å². The molecule has 10 nitrogen and oxygen atoms in total. The van der Waals surface area contributed by atoms with Crippen LogP contribution in [0.3, 0.4) is 0 Å². The Labute approximate surface area is 239 Å². The van der Waals surface area contributed by atoms with Gasteiger partial charge in [-0.25, -0.2) is 0 Å². The maximum Gasteiger partial charge on any atom is 0.251 e. The molecule has 2 unspecified atom stereocenters. The molecule has 3 aliphatic heterocycles. The fourth-order valence-electron chi connectivity index (χ4n) is 5.39. The van der Waals surface area contributed by atoms with Crippen molar-refractivity contribution in [3.05, 3.63) is 65.7 Å². The van der Waals surface area contributed by atoms with Crippen LogP contribution >= 0.6 is 0 Å². The molecular formula is C31H35N5O5. The molecule has 41 heavy (non-hydrogen) atoms. The number of carbonyl (C=O) groups is 4. The maximum atomic E-state index is 14.3. The standard InChI is InChI=1S/C31H35N5O5/c1-19(32-2)29(38)34-24-18-35-25-8-4-5-9-26(25)36(31(24)40)17-23-22-13-11-21(16-20(22)12-14-27(23)41-3)30(39)33-15-7-6-10-28(35)37/h4-5,8-9,11-14,16,19,24,32H,6-7,10,15,17-18H2,1-3H3,(H,33,39)(H,34,38). The predicted molar refractivity (Wildman–Crippen MR) is 157 cm³/mol. The maximum absolute atomic E-state index is 14.3. The molecule has 0 aliphatic carbocycles. The van der Waals surface area contributed by atoms with E-state index in [9.17, 15) is 19.2 Å². The van der Waals surface area contributed by atoms with Crippen LogP contribution in [-0.2, 0) is 20.9 Å². The van der Waals surface area contributed by atoms with E-state index in [0.29, 0.717) is 42.1 Å². The number of likely N-dealkylation sites (N-methyl/N-ethyl adjacent to an activating group) is 1. The molecule has 3 aliphatic rings. The molecule has 3 N–H and O–H groups in total. The van der Waals surface area contributed by atoms with Crippen molar-refractivity contribution in [2.24, 2.45) is 0 Å². The van der Waals surface area contributed by atoms with Gasteiger partial charge in [-0.05, 0) is 67.9 Å². The quantitative estimate of drug-likeness (QED) is 0.454. The summed E-state index contributed by atoms with van der Waals surface area (Å²) in [5.74, 6) is -0.422. The molecule has 4 amide bonds. The number of anilines is 2. The Morgan fingerprint density at radius 1 is 1.02 bits per heavy atom. The lowest BCUT2D eigenvalue weighted by Crippen LogP contribution is -2.55. The number of nitrogens with zero attached hydrogens (tertiary/aromatic N) is 2. The van der Waals surface area contributed by atoms with Gasteiger partial charge < -0.3 is 30.5 Å². The van der Waals surface area contributed by atoms with E-state index in [1.807, 2.05) is 48.5 Å². The van der Waals surface area contributed by atoms with E-state index < -0.39 is 12.1 Å². The zero-order chi connectivity index (χ0) is 29.1. The van der Waals surface area contributed by atoms with Crippen molar-refractivity contribution in [3.63, 3.8) is 0 Å². The number of fused-ring (bicyclic) bond motifs is 7. The molecule has 3 heterocycles. The van der Waals surface area contributed by atoms with Crippen LogP contribution in [0.2, 0.25) is 0 Å². The number of methoxy groups -OCH3 is 1. The monoisotopic (exact) mass is 557 g/mol. The molecule has 6 bridgehead atoms. The van der Waals surface area contributed by atoms with Crippen LogP contribution in [0.1, 0.15) is 42.1 Å². The highest BCUT2D eigenvalue weighted by atomic mass is 16.5. The highest BCUT2D eigenvalue weighted by molar-refractivity contribution is 6.08. The number of hydrogen-bond donors (Lipinski definition) is 3. The molecular weight excluding hydrogens is 522 g/mol. The largest absolute Gasteiger partial charge is 0.496 e. The van der Waals surface area contributed by atoms with Gasteiger partial charge >= 0.3 is 0 Å². The molecule has 0 spiro atoms. The van der Waals surface area contributed by atoms with Crippen LogP contribution in [0.25, 0.3) is 10.8 Å². The van der Waals surface area contributed by atoms with E-state index in [-0.39, 0.29) is 43.1 Å². The van der Waals surface area contributed by atoms with E-state index in [1.54, 1.807) is 36.9 Å². The normalized spacial score (nSPS) is 18.6. The molecule has 0 aromatic heterocycles. The van der Waals surface area contributed by atoms with Gasteiger partial charge in [-0.3, -0.25) is 19.2 Å². The summed E-state index contributed by atoms with van der Waals surface area (Å²) in [5.41, 5.74) is 2.45. The molecule has 0 radical (unpaired) electrons. The molecule has 0 saturated carbocycles. The van der Waals surface area contributed by atoms with Crippen molar-refractivity contribution in [1.82, 2.24) is 16.0 Å². The number of rotatable bonds is 4. The van der Waals surface area contributed by atoms with Crippen LogP contribution < -0.4 is 30.5 Å². The average Bonchev–Trinajstić information content (AvgIpc) is 3.10. The number of nitrogens with one attached hydrogen (secondary N) is 3. The second-order valence-electron chi connectivity index (χ2n) is 10.4. The van der Waals surface area contributed by atoms with Gasteiger partial charge in [0, 0.05) is 24.1 Å². The number of hydrogen-bond acceptors (Lipinski definition) is 6. The van der Waals surface area contributed by atoms with Crippen LogP contribution in [0, 0.1) is 0 Å². The van der Waals surface area contributed by atoms with Crippen molar-refractivity contribution in [3.8, 4) is 5.75 Å². The van der Waals surface area contributed by atoms with E-state index in [1.165, 1.54) is 0 Å². The van der Waals surface area contributed by atoms with Gasteiger partial charge in [0.25, 0.3) is 11.8 Å². The van der Waals surface area contributed by atoms with Gasteiger partial charge in [-0.1, -0.05) is 24.3 Å². The van der Waals surface area contributed by atoms with Crippen LogP contribution in [0.4, 0.5) is 11.4 Å². The summed E-state index contributed by atoms with van der Waals surface area (Å²) < 4.78 is 5.73. The zero-order valence-electron chi connectivity index (χ0n) is 23.5. The Bertz CT molecular complexity index is 1510. The Morgan fingerprint density at radius 3 is 2.51 bits per heavy atom. The van der Waals surface area contributed by atoms with Crippen molar-refractivity contribution in [2.75, 3.05) is 37.0 Å². The van der Waals surface area contributed by atoms with Crippen molar-refractivity contribution >= 4 is 45.8 Å². The lowest BCUT2D eigenvalue weighted by atomic mass is 9.99. The number of para-hydroxylation sites is 2. The van der Waals surface area contributed by atoms with Gasteiger partial charge in [-0.2, -0.15) is 0 Å². The minimum Gasteiger partial charge on any atom is -0.496 e. The third-order valence-electron chi connectivity index (χ3n) is 7.83. The Balaban J connectivity index is 1.69. The summed E-state index contributed by atoms with van der Waals surface area (Å²) in [6.45, 7) is 2.27. The van der Waals surface area contributed by atoms with Gasteiger partial charge in [0.05, 0.1) is 37.6 Å². The van der Waals surface area contributed by atoms with Crippen molar-refractivity contribution in [1.29, 1.82) is 0 Å². The zero-order valence-corrected chi connectivity index (χ0v) is 23.5. The minimum atomic E-state index is -0.972. The third-order valence-corrected chi connectivity index (χ3v) is 7.83. The SMILES string of the molecule is CNC(C)C(=O)NC1CN2C(=O)CCCCNC(=O)c3ccc4c(c(OC)ccc4c3)CN(C1=O)c1ccccc12. The Morgan fingerprint density at radius 2 is 1.78 bits per heavy atom. The summed E-state index contributed by atoms with van der Waals surface area (Å²) in [6.07, 6.45) is 1.40. The third kappa shape index (κ3) is 5.60. The summed E-state index contributed by atoms with van der Waals surface area (Å²) >= 11 is 0. The van der Waals surface area contributed by atoms with E-state index in [4.69, 9.17) is 4.74 Å². The lowest BCUT2D eigenvalue weighted by molar-refractivity contribution is -0.128. The number of carbonyl (C=O) groups excluding carboxylic acids is 4. The smallest absolute Gasteiger partial charge is 0.251 e. The van der Waals surface area contributed by atoms with Crippen LogP contribution in [0.5, 0.6) is 5.75 Å². The summed E-state index contributed by atoms with van der Waals surface area (Å²) in [6, 6.07) is 15.0. The molecule has 0 saturated heterocycles. The molecule has 3 aromatic carbocycles. The number of amides is 4. The highest BCUT2D eigenvalue weighted by Crippen LogP contribution is 2.37. The topological polar surface area (TPSA) is 120 Å². The number of benzene rings is 3. The van der Waals surface area contributed by atoms with Gasteiger partial charge in [0.15, 0.2) is 0 Å². The summed E-state index contributed by atoms with van der Waals surface area (Å²) in [5, 5.41) is 10.4. The fraction of sp³-hybridized carbons (Fsp3) is 0.355. The average molecular weight is 558 g/mol. The second kappa shape index (κ2) is 12.0. The van der Waals surface area contributed by atoms with E-state index >= 15 is 0 Å².